The van der Waals surface area contributed by atoms with E-state index in [-0.39, 0.29) is 5.92 Å². The van der Waals surface area contributed by atoms with Gasteiger partial charge >= 0.3 is 0 Å². The van der Waals surface area contributed by atoms with Crippen molar-refractivity contribution in [1.82, 2.24) is 10.2 Å². The van der Waals surface area contributed by atoms with Crippen LogP contribution in [-0.2, 0) is 4.79 Å². The van der Waals surface area contributed by atoms with E-state index in [0.717, 1.165) is 45.3 Å². The highest BCUT2D eigenvalue weighted by Gasteiger charge is 2.28. The average molecular weight is 226 g/mol. The van der Waals surface area contributed by atoms with Crippen molar-refractivity contribution in [1.29, 1.82) is 0 Å². The molecule has 1 amide bonds. The fourth-order valence-electron chi connectivity index (χ4n) is 2.46. The van der Waals surface area contributed by atoms with Gasteiger partial charge in [-0.2, -0.15) is 0 Å². The summed E-state index contributed by atoms with van der Waals surface area (Å²) in [5.41, 5.74) is 0. The van der Waals surface area contributed by atoms with Crippen molar-refractivity contribution in [3.63, 3.8) is 0 Å². The Balaban J connectivity index is 2.56. The lowest BCUT2D eigenvalue weighted by molar-refractivity contribution is -0.137. The van der Waals surface area contributed by atoms with E-state index in [2.05, 4.69) is 31.0 Å². The van der Waals surface area contributed by atoms with Gasteiger partial charge in [0.2, 0.25) is 5.91 Å². The maximum atomic E-state index is 12.3. The van der Waals surface area contributed by atoms with Gasteiger partial charge < -0.3 is 10.2 Å². The highest BCUT2D eigenvalue weighted by Crippen LogP contribution is 2.16. The Labute approximate surface area is 99.6 Å². The number of hydrogen-bond acceptors (Lipinski definition) is 2. The zero-order valence-corrected chi connectivity index (χ0v) is 11.0. The van der Waals surface area contributed by atoms with Crippen LogP contribution in [0.3, 0.4) is 0 Å². The van der Waals surface area contributed by atoms with Gasteiger partial charge in [0.15, 0.2) is 0 Å². The predicted octanol–water partition coefficient (Wildman–Crippen LogP) is 2.02. The van der Waals surface area contributed by atoms with E-state index in [1.54, 1.807) is 0 Å². The molecule has 1 aliphatic heterocycles. The summed E-state index contributed by atoms with van der Waals surface area (Å²) in [6.45, 7) is 9.30. The van der Waals surface area contributed by atoms with Gasteiger partial charge in [-0.1, -0.05) is 27.2 Å². The van der Waals surface area contributed by atoms with Gasteiger partial charge in [0.25, 0.3) is 0 Å². The van der Waals surface area contributed by atoms with Crippen LogP contribution in [0.15, 0.2) is 0 Å². The smallest absolute Gasteiger partial charge is 0.225 e. The lowest BCUT2D eigenvalue weighted by Gasteiger charge is -2.30. The molecule has 0 saturated carbocycles. The zero-order valence-electron chi connectivity index (χ0n) is 11.0. The topological polar surface area (TPSA) is 32.3 Å². The molecule has 1 heterocycles. The highest BCUT2D eigenvalue weighted by atomic mass is 16.2. The third-order valence-corrected chi connectivity index (χ3v) is 3.37. The highest BCUT2D eigenvalue weighted by molar-refractivity contribution is 5.78. The Bertz CT molecular complexity index is 212. The standard InChI is InChI=1S/C13H26N2O/c1-4-6-11(3)13(16)15(9-5-2)12-7-8-14-10-12/h11-12,14H,4-10H2,1-3H3. The first-order chi connectivity index (χ1) is 7.70. The first-order valence-electron chi connectivity index (χ1n) is 6.71. The van der Waals surface area contributed by atoms with Crippen molar-refractivity contribution in [3.8, 4) is 0 Å². The molecule has 3 heteroatoms. The third-order valence-electron chi connectivity index (χ3n) is 3.37. The second-order valence-electron chi connectivity index (χ2n) is 4.87. The molecule has 0 aromatic carbocycles. The number of carbonyl (C=O) groups excluding carboxylic acids is 1. The lowest BCUT2D eigenvalue weighted by Crippen LogP contribution is -2.44. The molecule has 94 valence electrons. The summed E-state index contributed by atoms with van der Waals surface area (Å²) in [5.74, 6) is 0.551. The van der Waals surface area contributed by atoms with Crippen LogP contribution in [0.4, 0.5) is 0 Å². The van der Waals surface area contributed by atoms with Crippen LogP contribution in [0.5, 0.6) is 0 Å². The maximum absolute atomic E-state index is 12.3. The normalized spacial score (nSPS) is 22.1. The van der Waals surface area contributed by atoms with Crippen molar-refractivity contribution in [2.24, 2.45) is 5.92 Å². The molecule has 0 aromatic rings. The summed E-state index contributed by atoms with van der Waals surface area (Å²) < 4.78 is 0. The largest absolute Gasteiger partial charge is 0.338 e. The molecule has 1 saturated heterocycles. The molecule has 0 aromatic heterocycles. The first kappa shape index (κ1) is 13.5. The van der Waals surface area contributed by atoms with Crippen LogP contribution < -0.4 is 5.32 Å². The molecule has 0 bridgehead atoms. The Morgan fingerprint density at radius 3 is 2.69 bits per heavy atom. The number of rotatable bonds is 6. The summed E-state index contributed by atoms with van der Waals surface area (Å²) in [6.07, 6.45) is 4.28. The van der Waals surface area contributed by atoms with E-state index in [1.165, 1.54) is 0 Å². The Kier molecular flexibility index (Phi) is 5.81. The van der Waals surface area contributed by atoms with Crippen molar-refractivity contribution >= 4 is 5.91 Å². The minimum atomic E-state index is 0.192. The van der Waals surface area contributed by atoms with E-state index >= 15 is 0 Å². The van der Waals surface area contributed by atoms with E-state index in [0.29, 0.717) is 11.9 Å². The zero-order chi connectivity index (χ0) is 12.0. The minimum Gasteiger partial charge on any atom is -0.338 e. The predicted molar refractivity (Wildman–Crippen MR) is 67.4 cm³/mol. The molecule has 1 aliphatic rings. The molecule has 0 radical (unpaired) electrons. The molecule has 0 aliphatic carbocycles. The van der Waals surface area contributed by atoms with Crippen molar-refractivity contribution in [2.75, 3.05) is 19.6 Å². The van der Waals surface area contributed by atoms with Gasteiger partial charge in [-0.05, 0) is 25.8 Å². The van der Waals surface area contributed by atoms with Gasteiger partial charge in [0.1, 0.15) is 0 Å². The van der Waals surface area contributed by atoms with Gasteiger partial charge in [0.05, 0.1) is 0 Å². The summed E-state index contributed by atoms with van der Waals surface area (Å²) in [5, 5.41) is 3.34. The van der Waals surface area contributed by atoms with E-state index in [4.69, 9.17) is 0 Å². The van der Waals surface area contributed by atoms with Crippen LogP contribution in [0.25, 0.3) is 0 Å². The van der Waals surface area contributed by atoms with Crippen LogP contribution in [0, 0.1) is 5.92 Å². The molecule has 0 spiro atoms. The molecular weight excluding hydrogens is 200 g/mol. The lowest BCUT2D eigenvalue weighted by atomic mass is 10.0. The maximum Gasteiger partial charge on any atom is 0.225 e. The summed E-state index contributed by atoms with van der Waals surface area (Å²) in [6, 6.07) is 0.437. The average Bonchev–Trinajstić information content (AvgIpc) is 2.78. The van der Waals surface area contributed by atoms with E-state index in [1.807, 2.05) is 0 Å². The molecule has 3 nitrogen and oxygen atoms in total. The van der Waals surface area contributed by atoms with Crippen molar-refractivity contribution < 1.29 is 4.79 Å². The van der Waals surface area contributed by atoms with Crippen LogP contribution in [-0.4, -0.2) is 36.5 Å². The third kappa shape index (κ3) is 3.48. The molecule has 1 N–H and O–H groups in total. The van der Waals surface area contributed by atoms with Gasteiger partial charge in [0, 0.05) is 25.0 Å². The molecule has 16 heavy (non-hydrogen) atoms. The molecule has 1 rings (SSSR count). The number of amides is 1. The van der Waals surface area contributed by atoms with Crippen molar-refractivity contribution in [2.45, 2.75) is 52.5 Å². The number of carbonyl (C=O) groups is 1. The Morgan fingerprint density at radius 1 is 1.44 bits per heavy atom. The Hall–Kier alpha value is -0.570. The van der Waals surface area contributed by atoms with Crippen LogP contribution >= 0.6 is 0 Å². The van der Waals surface area contributed by atoms with Gasteiger partial charge in [-0.25, -0.2) is 0 Å². The van der Waals surface area contributed by atoms with Gasteiger partial charge in [-0.15, -0.1) is 0 Å². The quantitative estimate of drug-likeness (QED) is 0.751. The van der Waals surface area contributed by atoms with E-state index < -0.39 is 0 Å². The van der Waals surface area contributed by atoms with Crippen LogP contribution in [0.1, 0.15) is 46.5 Å². The molecule has 2 unspecified atom stereocenters. The second-order valence-corrected chi connectivity index (χ2v) is 4.87. The second kappa shape index (κ2) is 6.89. The van der Waals surface area contributed by atoms with E-state index in [9.17, 15) is 4.79 Å². The molecular formula is C13H26N2O. The fourth-order valence-corrected chi connectivity index (χ4v) is 2.46. The monoisotopic (exact) mass is 226 g/mol. The molecule has 2 atom stereocenters. The minimum absolute atomic E-state index is 0.192. The number of nitrogens with zero attached hydrogens (tertiary/aromatic N) is 1. The number of nitrogens with one attached hydrogen (secondary N) is 1. The summed E-state index contributed by atoms with van der Waals surface area (Å²) >= 11 is 0. The van der Waals surface area contributed by atoms with Crippen LogP contribution in [0.2, 0.25) is 0 Å². The molecule has 1 fully saturated rings. The summed E-state index contributed by atoms with van der Waals surface area (Å²) in [4.78, 5) is 14.4. The first-order valence-corrected chi connectivity index (χ1v) is 6.71. The fraction of sp³-hybridized carbons (Fsp3) is 0.923. The SMILES string of the molecule is CCCC(C)C(=O)N(CCC)C1CCNC1. The van der Waals surface area contributed by atoms with Crippen molar-refractivity contribution in [3.05, 3.63) is 0 Å². The number of hydrogen-bond donors (Lipinski definition) is 1. The van der Waals surface area contributed by atoms with Gasteiger partial charge in [-0.3, -0.25) is 4.79 Å². The Morgan fingerprint density at radius 2 is 2.19 bits per heavy atom. The summed E-state index contributed by atoms with van der Waals surface area (Å²) in [7, 11) is 0.